The minimum atomic E-state index is 0. The van der Waals surface area contributed by atoms with Gasteiger partial charge in [-0.2, -0.15) is 5.10 Å². The van der Waals surface area contributed by atoms with Crippen LogP contribution in [0.25, 0.3) is 0 Å². The molecule has 1 atom stereocenters. The first-order valence-corrected chi connectivity index (χ1v) is 8.55. The Bertz CT molecular complexity index is 519. The molecule has 0 amide bonds. The van der Waals surface area contributed by atoms with Crippen LogP contribution in [-0.4, -0.2) is 59.4 Å². The molecule has 2 N–H and O–H groups in total. The number of halogens is 1. The van der Waals surface area contributed by atoms with E-state index in [4.69, 9.17) is 0 Å². The van der Waals surface area contributed by atoms with Gasteiger partial charge in [-0.3, -0.25) is 9.67 Å². The highest BCUT2D eigenvalue weighted by atomic mass is 127. The van der Waals surface area contributed by atoms with Gasteiger partial charge >= 0.3 is 0 Å². The average Bonchev–Trinajstić information content (AvgIpc) is 3.08. The van der Waals surface area contributed by atoms with Crippen LogP contribution in [0.1, 0.15) is 32.8 Å². The molecule has 1 unspecified atom stereocenters. The summed E-state index contributed by atoms with van der Waals surface area (Å²) in [7, 11) is 3.84. The van der Waals surface area contributed by atoms with Gasteiger partial charge in [0.05, 0.1) is 6.20 Å². The maximum atomic E-state index is 4.44. The molecule has 0 bridgehead atoms. The number of hydrogen-bond donors (Lipinski definition) is 2. The lowest BCUT2D eigenvalue weighted by molar-refractivity contribution is 0.420. The van der Waals surface area contributed by atoms with Gasteiger partial charge in [-0.1, -0.05) is 0 Å². The van der Waals surface area contributed by atoms with E-state index in [0.717, 1.165) is 38.6 Å². The van der Waals surface area contributed by atoms with Gasteiger partial charge in [0.25, 0.3) is 0 Å². The van der Waals surface area contributed by atoms with Crippen molar-refractivity contribution in [1.29, 1.82) is 0 Å². The summed E-state index contributed by atoms with van der Waals surface area (Å²) in [5.74, 6) is 1.71. The molecule has 1 aliphatic heterocycles. The van der Waals surface area contributed by atoms with Crippen LogP contribution in [0.2, 0.25) is 0 Å². The molecule has 24 heavy (non-hydrogen) atoms. The van der Waals surface area contributed by atoms with E-state index in [9.17, 15) is 0 Å². The number of nitrogens with zero attached hydrogens (tertiary/aromatic N) is 4. The zero-order valence-corrected chi connectivity index (χ0v) is 18.0. The van der Waals surface area contributed by atoms with Crippen LogP contribution in [-0.2, 0) is 13.5 Å². The van der Waals surface area contributed by atoms with Crippen molar-refractivity contribution in [1.82, 2.24) is 25.3 Å². The third-order valence-electron chi connectivity index (χ3n) is 4.14. The molecule has 0 aromatic carbocycles. The molecule has 0 radical (unpaired) electrons. The molecule has 1 aromatic rings. The smallest absolute Gasteiger partial charge is 0.193 e. The highest BCUT2D eigenvalue weighted by Gasteiger charge is 2.25. The second kappa shape index (κ2) is 9.60. The molecule has 1 aliphatic rings. The summed E-state index contributed by atoms with van der Waals surface area (Å²) in [6, 6.07) is 0. The molecule has 1 saturated heterocycles. The summed E-state index contributed by atoms with van der Waals surface area (Å²) in [5, 5.41) is 11.2. The number of nitrogens with one attached hydrogen (secondary N) is 2. The largest absolute Gasteiger partial charge is 0.355 e. The van der Waals surface area contributed by atoms with Gasteiger partial charge in [-0.25, -0.2) is 0 Å². The summed E-state index contributed by atoms with van der Waals surface area (Å²) < 4.78 is 1.88. The predicted molar refractivity (Wildman–Crippen MR) is 111 cm³/mol. The number of aliphatic imine (C=N–C) groups is 1. The summed E-state index contributed by atoms with van der Waals surface area (Å²) >= 11 is 0. The molecular weight excluding hydrogens is 415 g/mol. The van der Waals surface area contributed by atoms with Crippen LogP contribution in [0.15, 0.2) is 17.4 Å². The van der Waals surface area contributed by atoms with Gasteiger partial charge in [0, 0.05) is 52.0 Å². The van der Waals surface area contributed by atoms with Crippen molar-refractivity contribution in [2.75, 3.05) is 33.2 Å². The van der Waals surface area contributed by atoms with Gasteiger partial charge in [0.2, 0.25) is 0 Å². The van der Waals surface area contributed by atoms with Crippen molar-refractivity contribution in [3.05, 3.63) is 18.0 Å². The standard InChI is InChI=1S/C17H32N6.HI/c1-17(2,3)20-8-7-19-16(18-4)23-9-6-14(13-23)10-15-11-21-22(5)12-15;/h11-12,14,20H,6-10,13H2,1-5H3,(H,18,19);1H. The second-order valence-electron chi connectivity index (χ2n) is 7.48. The molecule has 2 rings (SSSR count). The van der Waals surface area contributed by atoms with Crippen molar-refractivity contribution in [3.8, 4) is 0 Å². The Kier molecular flexibility index (Phi) is 8.49. The first kappa shape index (κ1) is 21.2. The number of guanidine groups is 1. The SMILES string of the molecule is CN=C(NCCNC(C)(C)C)N1CCC(Cc2cnn(C)c2)C1.I. The molecule has 0 spiro atoms. The van der Waals surface area contributed by atoms with Gasteiger partial charge < -0.3 is 15.5 Å². The Morgan fingerprint density at radius 1 is 1.38 bits per heavy atom. The Morgan fingerprint density at radius 2 is 2.12 bits per heavy atom. The summed E-state index contributed by atoms with van der Waals surface area (Å²) in [5.41, 5.74) is 1.49. The Hall–Kier alpha value is -0.830. The quantitative estimate of drug-likeness (QED) is 0.313. The van der Waals surface area contributed by atoms with E-state index in [1.165, 1.54) is 12.0 Å². The number of hydrogen-bond acceptors (Lipinski definition) is 3. The van der Waals surface area contributed by atoms with Crippen LogP contribution < -0.4 is 10.6 Å². The van der Waals surface area contributed by atoms with E-state index in [0.29, 0.717) is 5.92 Å². The first-order chi connectivity index (χ1) is 10.9. The fraction of sp³-hybridized carbons (Fsp3) is 0.765. The third kappa shape index (κ3) is 6.96. The number of rotatable bonds is 5. The zero-order chi connectivity index (χ0) is 16.9. The summed E-state index contributed by atoms with van der Waals surface area (Å²) in [6.07, 6.45) is 6.42. The monoisotopic (exact) mass is 448 g/mol. The van der Waals surface area contributed by atoms with Crippen LogP contribution in [0.3, 0.4) is 0 Å². The highest BCUT2D eigenvalue weighted by Crippen LogP contribution is 2.20. The van der Waals surface area contributed by atoms with Crippen molar-refractivity contribution >= 4 is 29.9 Å². The van der Waals surface area contributed by atoms with Gasteiger partial charge in [-0.05, 0) is 45.1 Å². The van der Waals surface area contributed by atoms with Crippen LogP contribution in [0, 0.1) is 5.92 Å². The predicted octanol–water partition coefficient (Wildman–Crippen LogP) is 1.87. The molecule has 1 aromatic heterocycles. The van der Waals surface area contributed by atoms with Crippen molar-refractivity contribution in [2.45, 2.75) is 39.2 Å². The fourth-order valence-electron chi connectivity index (χ4n) is 3.05. The van der Waals surface area contributed by atoms with E-state index < -0.39 is 0 Å². The van der Waals surface area contributed by atoms with Crippen molar-refractivity contribution in [3.63, 3.8) is 0 Å². The van der Waals surface area contributed by atoms with E-state index in [1.54, 1.807) is 0 Å². The maximum Gasteiger partial charge on any atom is 0.193 e. The summed E-state index contributed by atoms with van der Waals surface area (Å²) in [6.45, 7) is 10.5. The topological polar surface area (TPSA) is 57.5 Å². The normalized spacial score (nSPS) is 18.6. The van der Waals surface area contributed by atoms with Crippen LogP contribution in [0.5, 0.6) is 0 Å². The second-order valence-corrected chi connectivity index (χ2v) is 7.48. The lowest BCUT2D eigenvalue weighted by Gasteiger charge is -2.24. The van der Waals surface area contributed by atoms with Crippen LogP contribution >= 0.6 is 24.0 Å². The average molecular weight is 448 g/mol. The molecule has 1 fully saturated rings. The van der Waals surface area contributed by atoms with E-state index in [2.05, 4.69) is 52.6 Å². The Balaban J connectivity index is 0.00000288. The van der Waals surface area contributed by atoms with E-state index in [1.807, 2.05) is 25.0 Å². The lowest BCUT2D eigenvalue weighted by atomic mass is 10.0. The molecule has 2 heterocycles. The minimum Gasteiger partial charge on any atom is -0.355 e. The Morgan fingerprint density at radius 3 is 2.71 bits per heavy atom. The number of likely N-dealkylation sites (tertiary alicyclic amines) is 1. The van der Waals surface area contributed by atoms with E-state index >= 15 is 0 Å². The maximum absolute atomic E-state index is 4.44. The molecule has 6 nitrogen and oxygen atoms in total. The van der Waals surface area contributed by atoms with Gasteiger partial charge in [-0.15, -0.1) is 24.0 Å². The number of aryl methyl sites for hydroxylation is 1. The minimum absolute atomic E-state index is 0. The zero-order valence-electron chi connectivity index (χ0n) is 15.7. The fourth-order valence-corrected chi connectivity index (χ4v) is 3.05. The van der Waals surface area contributed by atoms with E-state index in [-0.39, 0.29) is 29.5 Å². The van der Waals surface area contributed by atoms with Crippen molar-refractivity contribution in [2.24, 2.45) is 18.0 Å². The molecule has 0 saturated carbocycles. The lowest BCUT2D eigenvalue weighted by Crippen LogP contribution is -2.45. The van der Waals surface area contributed by atoms with Crippen LogP contribution in [0.4, 0.5) is 0 Å². The third-order valence-corrected chi connectivity index (χ3v) is 4.14. The molecule has 0 aliphatic carbocycles. The first-order valence-electron chi connectivity index (χ1n) is 8.55. The number of aromatic nitrogens is 2. The van der Waals surface area contributed by atoms with Crippen molar-refractivity contribution < 1.29 is 0 Å². The van der Waals surface area contributed by atoms with Gasteiger partial charge in [0.15, 0.2) is 5.96 Å². The summed E-state index contributed by atoms with van der Waals surface area (Å²) in [4.78, 5) is 6.81. The highest BCUT2D eigenvalue weighted by molar-refractivity contribution is 14.0. The Labute approximate surface area is 163 Å². The molecule has 7 heteroatoms. The van der Waals surface area contributed by atoms with Gasteiger partial charge in [0.1, 0.15) is 0 Å². The molecular formula is C17H33IN6. The molecule has 138 valence electrons.